The van der Waals surface area contributed by atoms with Crippen molar-refractivity contribution >= 4 is 28.4 Å². The van der Waals surface area contributed by atoms with Crippen LogP contribution in [0.25, 0.3) is 10.9 Å². The van der Waals surface area contributed by atoms with Gasteiger partial charge in [-0.05, 0) is 62.6 Å². The first kappa shape index (κ1) is 22.0. The highest BCUT2D eigenvalue weighted by Crippen LogP contribution is 2.24. The molecule has 1 unspecified atom stereocenters. The lowest BCUT2D eigenvalue weighted by molar-refractivity contribution is 0.0679. The fourth-order valence-corrected chi connectivity index (χ4v) is 3.90. The maximum absolute atomic E-state index is 13.3. The average Bonchev–Trinajstić information content (AvgIpc) is 2.76. The SMILES string of the molecule is CCCN(C(=O)c1ccc(CC)cc1)C(C)c1nc2cc(Cl)ccc2c(=O)n1CC. The average molecular weight is 426 g/mol. The van der Waals surface area contributed by atoms with E-state index >= 15 is 0 Å². The number of carbonyl (C=O) groups excluding carboxylic acids is 1. The van der Waals surface area contributed by atoms with Gasteiger partial charge in [0.25, 0.3) is 11.5 Å². The predicted octanol–water partition coefficient (Wildman–Crippen LogP) is 5.25. The van der Waals surface area contributed by atoms with E-state index in [-0.39, 0.29) is 17.5 Å². The van der Waals surface area contributed by atoms with Crippen molar-refractivity contribution in [1.82, 2.24) is 14.5 Å². The van der Waals surface area contributed by atoms with Crippen molar-refractivity contribution in [1.29, 1.82) is 0 Å². The Morgan fingerprint density at radius 1 is 1.13 bits per heavy atom. The van der Waals surface area contributed by atoms with Gasteiger partial charge in [0, 0.05) is 23.7 Å². The number of aryl methyl sites for hydroxylation is 1. The molecule has 5 nitrogen and oxygen atoms in total. The topological polar surface area (TPSA) is 55.2 Å². The molecular weight excluding hydrogens is 398 g/mol. The van der Waals surface area contributed by atoms with Gasteiger partial charge < -0.3 is 4.90 Å². The smallest absolute Gasteiger partial charge is 0.261 e. The van der Waals surface area contributed by atoms with Crippen molar-refractivity contribution in [2.45, 2.75) is 53.1 Å². The Morgan fingerprint density at radius 2 is 1.83 bits per heavy atom. The minimum Gasteiger partial charge on any atom is -0.329 e. The molecule has 0 fully saturated rings. The number of nitrogens with zero attached hydrogens (tertiary/aromatic N) is 3. The van der Waals surface area contributed by atoms with E-state index in [1.54, 1.807) is 27.7 Å². The van der Waals surface area contributed by atoms with Gasteiger partial charge in [-0.2, -0.15) is 0 Å². The van der Waals surface area contributed by atoms with Gasteiger partial charge >= 0.3 is 0 Å². The minimum absolute atomic E-state index is 0.0601. The summed E-state index contributed by atoms with van der Waals surface area (Å²) in [5.74, 6) is 0.513. The van der Waals surface area contributed by atoms with Crippen molar-refractivity contribution in [3.63, 3.8) is 0 Å². The number of aromatic nitrogens is 2. The number of halogens is 1. The van der Waals surface area contributed by atoms with E-state index in [2.05, 4.69) is 6.92 Å². The quantitative estimate of drug-likeness (QED) is 0.519. The third-order valence-electron chi connectivity index (χ3n) is 5.44. The van der Waals surface area contributed by atoms with E-state index in [0.717, 1.165) is 12.8 Å². The zero-order chi connectivity index (χ0) is 21.8. The van der Waals surface area contributed by atoms with E-state index in [9.17, 15) is 9.59 Å². The Bertz CT molecular complexity index is 1110. The predicted molar refractivity (Wildman–Crippen MR) is 122 cm³/mol. The Morgan fingerprint density at radius 3 is 2.43 bits per heavy atom. The highest BCUT2D eigenvalue weighted by atomic mass is 35.5. The molecule has 2 aromatic carbocycles. The van der Waals surface area contributed by atoms with Gasteiger partial charge in [0.1, 0.15) is 5.82 Å². The van der Waals surface area contributed by atoms with Crippen molar-refractivity contribution < 1.29 is 4.79 Å². The highest BCUT2D eigenvalue weighted by molar-refractivity contribution is 6.31. The van der Waals surface area contributed by atoms with Crippen LogP contribution in [0.4, 0.5) is 0 Å². The van der Waals surface area contributed by atoms with Gasteiger partial charge in [0.2, 0.25) is 0 Å². The van der Waals surface area contributed by atoms with Crippen LogP contribution >= 0.6 is 11.6 Å². The maximum Gasteiger partial charge on any atom is 0.261 e. The normalized spacial score (nSPS) is 12.2. The molecular formula is C24H28ClN3O2. The first-order valence-electron chi connectivity index (χ1n) is 10.5. The summed E-state index contributed by atoms with van der Waals surface area (Å²) in [7, 11) is 0. The number of benzene rings is 2. The van der Waals surface area contributed by atoms with Gasteiger partial charge in [0.15, 0.2) is 0 Å². The van der Waals surface area contributed by atoms with Crippen LogP contribution in [0.5, 0.6) is 0 Å². The minimum atomic E-state index is -0.362. The number of rotatable bonds is 7. The van der Waals surface area contributed by atoms with E-state index in [1.807, 2.05) is 45.0 Å². The molecule has 0 radical (unpaired) electrons. The van der Waals surface area contributed by atoms with Crippen LogP contribution in [0.2, 0.25) is 5.02 Å². The Labute approximate surface area is 182 Å². The molecule has 1 atom stereocenters. The summed E-state index contributed by atoms with van der Waals surface area (Å²) >= 11 is 6.13. The van der Waals surface area contributed by atoms with Gasteiger partial charge in [-0.3, -0.25) is 14.2 Å². The summed E-state index contributed by atoms with van der Waals surface area (Å²) in [6.07, 6.45) is 1.73. The molecule has 30 heavy (non-hydrogen) atoms. The highest BCUT2D eigenvalue weighted by Gasteiger charge is 2.26. The monoisotopic (exact) mass is 425 g/mol. The third kappa shape index (κ3) is 4.26. The molecule has 0 aliphatic rings. The van der Waals surface area contributed by atoms with Crippen LogP contribution in [-0.4, -0.2) is 26.9 Å². The summed E-state index contributed by atoms with van der Waals surface area (Å²) in [4.78, 5) is 33.0. The summed E-state index contributed by atoms with van der Waals surface area (Å²) in [5, 5.41) is 1.06. The molecule has 0 spiro atoms. The van der Waals surface area contributed by atoms with Crippen molar-refractivity contribution in [3.05, 3.63) is 74.8 Å². The fourth-order valence-electron chi connectivity index (χ4n) is 3.74. The molecule has 0 bridgehead atoms. The summed E-state index contributed by atoms with van der Waals surface area (Å²) in [6, 6.07) is 12.5. The lowest BCUT2D eigenvalue weighted by atomic mass is 10.1. The Kier molecular flexibility index (Phi) is 6.93. The van der Waals surface area contributed by atoms with E-state index in [0.29, 0.717) is 40.4 Å². The van der Waals surface area contributed by atoms with Crippen LogP contribution in [0.15, 0.2) is 47.3 Å². The Hall–Kier alpha value is -2.66. The van der Waals surface area contributed by atoms with E-state index in [4.69, 9.17) is 16.6 Å². The van der Waals surface area contributed by atoms with E-state index in [1.165, 1.54) is 5.56 Å². The Balaban J connectivity index is 2.08. The third-order valence-corrected chi connectivity index (χ3v) is 5.67. The molecule has 0 aliphatic carbocycles. The van der Waals surface area contributed by atoms with Crippen molar-refractivity contribution in [3.8, 4) is 0 Å². The standard InChI is InChI=1S/C24H28ClN3O2/c1-5-14-28(23(29)18-10-8-17(6-2)9-11-18)16(4)22-26-21-15-19(25)12-13-20(21)24(30)27(22)7-3/h8-13,15-16H,5-7,14H2,1-4H3. The molecule has 0 saturated carbocycles. The second-order valence-electron chi connectivity index (χ2n) is 7.41. The molecule has 6 heteroatoms. The number of hydrogen-bond acceptors (Lipinski definition) is 3. The maximum atomic E-state index is 13.3. The second kappa shape index (κ2) is 9.43. The molecule has 1 amide bonds. The van der Waals surface area contributed by atoms with Crippen molar-refractivity contribution in [2.75, 3.05) is 6.54 Å². The number of fused-ring (bicyclic) bond motifs is 1. The molecule has 158 valence electrons. The first-order valence-corrected chi connectivity index (χ1v) is 10.9. The lowest BCUT2D eigenvalue weighted by Crippen LogP contribution is -2.38. The zero-order valence-corrected chi connectivity index (χ0v) is 18.7. The summed E-state index contributed by atoms with van der Waals surface area (Å²) in [5.41, 5.74) is 2.27. The molecule has 0 saturated heterocycles. The first-order chi connectivity index (χ1) is 14.4. The molecule has 0 N–H and O–H groups in total. The van der Waals surface area contributed by atoms with E-state index < -0.39 is 0 Å². The molecule has 3 aromatic rings. The molecule has 0 aliphatic heterocycles. The van der Waals surface area contributed by atoms with Crippen LogP contribution in [0, 0.1) is 0 Å². The van der Waals surface area contributed by atoms with Gasteiger partial charge in [-0.15, -0.1) is 0 Å². The number of carbonyl (C=O) groups is 1. The van der Waals surface area contributed by atoms with Gasteiger partial charge in [0.05, 0.1) is 16.9 Å². The van der Waals surface area contributed by atoms with Gasteiger partial charge in [-0.1, -0.05) is 37.6 Å². The fraction of sp³-hybridized carbons (Fsp3) is 0.375. The largest absolute Gasteiger partial charge is 0.329 e. The van der Waals surface area contributed by atoms with Crippen LogP contribution in [0.1, 0.15) is 61.9 Å². The lowest BCUT2D eigenvalue weighted by Gasteiger charge is -2.30. The van der Waals surface area contributed by atoms with Crippen LogP contribution in [0.3, 0.4) is 0 Å². The van der Waals surface area contributed by atoms with Crippen molar-refractivity contribution in [2.24, 2.45) is 0 Å². The van der Waals surface area contributed by atoms with Crippen LogP contribution in [-0.2, 0) is 13.0 Å². The summed E-state index contributed by atoms with van der Waals surface area (Å²) < 4.78 is 1.65. The molecule has 1 heterocycles. The number of hydrogen-bond donors (Lipinski definition) is 0. The molecule has 1 aromatic heterocycles. The number of amides is 1. The summed E-state index contributed by atoms with van der Waals surface area (Å²) in [6.45, 7) is 9.01. The second-order valence-corrected chi connectivity index (χ2v) is 7.84. The molecule has 3 rings (SSSR count). The van der Waals surface area contributed by atoms with Gasteiger partial charge in [-0.25, -0.2) is 4.98 Å². The zero-order valence-electron chi connectivity index (χ0n) is 18.0. The van der Waals surface area contributed by atoms with Crippen LogP contribution < -0.4 is 5.56 Å².